The molecule has 2 rings (SSSR count). The molecule has 0 amide bonds. The molecule has 0 fully saturated rings. The molecule has 5 nitrogen and oxygen atoms in total. The van der Waals surface area contributed by atoms with E-state index in [1.54, 1.807) is 4.52 Å². The van der Waals surface area contributed by atoms with Crippen molar-refractivity contribution in [3.8, 4) is 0 Å². The standard InChI is InChI=1S/C12H18N4O/c17-10-6-2-1-4-8-13-12-14-11-7-3-5-9-16(11)15-12/h3,5,7,9,17H,1-2,4,6,8,10H2,(H,13,15). The summed E-state index contributed by atoms with van der Waals surface area (Å²) in [6.07, 6.45) is 6.06. The summed E-state index contributed by atoms with van der Waals surface area (Å²) in [6, 6.07) is 5.81. The molecular formula is C12H18N4O. The Morgan fingerprint density at radius 2 is 2.06 bits per heavy atom. The number of rotatable bonds is 7. The quantitative estimate of drug-likeness (QED) is 0.716. The summed E-state index contributed by atoms with van der Waals surface area (Å²) in [5.74, 6) is 0.679. The van der Waals surface area contributed by atoms with E-state index in [1.165, 1.54) is 0 Å². The zero-order valence-electron chi connectivity index (χ0n) is 9.84. The summed E-state index contributed by atoms with van der Waals surface area (Å²) in [4.78, 5) is 4.35. The molecule has 0 aromatic carbocycles. The van der Waals surface area contributed by atoms with E-state index in [0.717, 1.165) is 37.9 Å². The molecule has 0 radical (unpaired) electrons. The molecule has 2 aromatic heterocycles. The number of aliphatic hydroxyl groups is 1. The van der Waals surface area contributed by atoms with Gasteiger partial charge in [-0.2, -0.15) is 4.98 Å². The van der Waals surface area contributed by atoms with Crippen molar-refractivity contribution in [3.63, 3.8) is 0 Å². The average molecular weight is 234 g/mol. The Morgan fingerprint density at radius 3 is 2.88 bits per heavy atom. The van der Waals surface area contributed by atoms with Gasteiger partial charge in [0.25, 0.3) is 0 Å². The van der Waals surface area contributed by atoms with Crippen LogP contribution in [0.2, 0.25) is 0 Å². The van der Waals surface area contributed by atoms with Crippen molar-refractivity contribution >= 4 is 11.6 Å². The summed E-state index contributed by atoms with van der Waals surface area (Å²) in [6.45, 7) is 1.17. The maximum absolute atomic E-state index is 8.64. The summed E-state index contributed by atoms with van der Waals surface area (Å²) in [5.41, 5.74) is 0.857. The van der Waals surface area contributed by atoms with Crippen molar-refractivity contribution in [2.24, 2.45) is 0 Å². The van der Waals surface area contributed by atoms with Gasteiger partial charge in [0.15, 0.2) is 5.65 Å². The monoisotopic (exact) mass is 234 g/mol. The minimum atomic E-state index is 0.293. The third-order valence-corrected chi connectivity index (χ3v) is 2.61. The van der Waals surface area contributed by atoms with Crippen LogP contribution in [-0.4, -0.2) is 32.9 Å². The van der Waals surface area contributed by atoms with Crippen molar-refractivity contribution in [1.29, 1.82) is 0 Å². The van der Waals surface area contributed by atoms with Crippen LogP contribution in [0.4, 0.5) is 5.95 Å². The lowest BCUT2D eigenvalue weighted by molar-refractivity contribution is 0.283. The summed E-state index contributed by atoms with van der Waals surface area (Å²) in [5, 5.41) is 16.1. The van der Waals surface area contributed by atoms with E-state index in [-0.39, 0.29) is 0 Å². The van der Waals surface area contributed by atoms with Crippen molar-refractivity contribution in [1.82, 2.24) is 14.6 Å². The normalized spacial score (nSPS) is 10.9. The second-order valence-corrected chi connectivity index (χ2v) is 4.00. The minimum absolute atomic E-state index is 0.293. The van der Waals surface area contributed by atoms with Crippen LogP contribution in [0.1, 0.15) is 25.7 Å². The molecule has 2 aromatic rings. The van der Waals surface area contributed by atoms with Crippen LogP contribution in [0.3, 0.4) is 0 Å². The third-order valence-electron chi connectivity index (χ3n) is 2.61. The van der Waals surface area contributed by atoms with Crippen LogP contribution in [0.25, 0.3) is 5.65 Å². The summed E-state index contributed by atoms with van der Waals surface area (Å²) >= 11 is 0. The zero-order valence-corrected chi connectivity index (χ0v) is 9.84. The Kier molecular flexibility index (Phi) is 4.32. The van der Waals surface area contributed by atoms with Gasteiger partial charge in [0.1, 0.15) is 0 Å². The Balaban J connectivity index is 1.75. The zero-order chi connectivity index (χ0) is 11.9. The van der Waals surface area contributed by atoms with Gasteiger partial charge in [-0.3, -0.25) is 0 Å². The largest absolute Gasteiger partial charge is 0.396 e. The van der Waals surface area contributed by atoms with Crippen LogP contribution in [0, 0.1) is 0 Å². The fraction of sp³-hybridized carbons (Fsp3) is 0.500. The molecule has 92 valence electrons. The highest BCUT2D eigenvalue weighted by atomic mass is 16.2. The number of hydrogen-bond acceptors (Lipinski definition) is 4. The molecule has 5 heteroatoms. The molecule has 2 N–H and O–H groups in total. The molecule has 0 aliphatic heterocycles. The Morgan fingerprint density at radius 1 is 1.18 bits per heavy atom. The molecule has 0 aliphatic rings. The maximum Gasteiger partial charge on any atom is 0.243 e. The maximum atomic E-state index is 8.64. The van der Waals surface area contributed by atoms with Gasteiger partial charge in [0.2, 0.25) is 5.95 Å². The van der Waals surface area contributed by atoms with Gasteiger partial charge in [-0.05, 0) is 25.0 Å². The SMILES string of the molecule is OCCCCCCNc1nc2ccccn2n1. The molecule has 0 saturated heterocycles. The van der Waals surface area contributed by atoms with Gasteiger partial charge in [-0.1, -0.05) is 18.9 Å². The van der Waals surface area contributed by atoms with Gasteiger partial charge in [-0.15, -0.1) is 5.10 Å². The number of hydrogen-bond donors (Lipinski definition) is 2. The lowest BCUT2D eigenvalue weighted by Crippen LogP contribution is -2.03. The van der Waals surface area contributed by atoms with Crippen LogP contribution < -0.4 is 5.32 Å². The highest BCUT2D eigenvalue weighted by molar-refractivity contribution is 5.42. The number of pyridine rings is 1. The van der Waals surface area contributed by atoms with E-state index in [4.69, 9.17) is 5.11 Å². The number of aliphatic hydroxyl groups excluding tert-OH is 1. The smallest absolute Gasteiger partial charge is 0.243 e. The summed E-state index contributed by atoms with van der Waals surface area (Å²) < 4.78 is 1.76. The van der Waals surface area contributed by atoms with Gasteiger partial charge in [0.05, 0.1) is 0 Å². The number of aromatic nitrogens is 3. The fourth-order valence-electron chi connectivity index (χ4n) is 1.70. The molecule has 0 atom stereocenters. The third kappa shape index (κ3) is 3.42. The highest BCUT2D eigenvalue weighted by Crippen LogP contribution is 2.05. The molecular weight excluding hydrogens is 216 g/mol. The molecule has 2 heterocycles. The van der Waals surface area contributed by atoms with E-state index in [1.807, 2.05) is 24.4 Å². The topological polar surface area (TPSA) is 62.5 Å². The Bertz CT molecular complexity index is 421. The minimum Gasteiger partial charge on any atom is -0.396 e. The summed E-state index contributed by atoms with van der Waals surface area (Å²) in [7, 11) is 0. The number of anilines is 1. The first kappa shape index (κ1) is 11.9. The second-order valence-electron chi connectivity index (χ2n) is 4.00. The first-order valence-corrected chi connectivity index (χ1v) is 6.06. The fourth-order valence-corrected chi connectivity index (χ4v) is 1.70. The van der Waals surface area contributed by atoms with E-state index in [9.17, 15) is 0 Å². The predicted molar refractivity (Wildman–Crippen MR) is 67.0 cm³/mol. The predicted octanol–water partition coefficient (Wildman–Crippen LogP) is 1.69. The number of nitrogens with one attached hydrogen (secondary N) is 1. The number of nitrogens with zero attached hydrogens (tertiary/aromatic N) is 3. The number of unbranched alkanes of at least 4 members (excludes halogenated alkanes) is 3. The molecule has 0 aliphatic carbocycles. The first-order valence-electron chi connectivity index (χ1n) is 6.06. The van der Waals surface area contributed by atoms with Crippen LogP contribution in [-0.2, 0) is 0 Å². The highest BCUT2D eigenvalue weighted by Gasteiger charge is 2.00. The van der Waals surface area contributed by atoms with Crippen molar-refractivity contribution in [2.75, 3.05) is 18.5 Å². The average Bonchev–Trinajstić information content (AvgIpc) is 2.76. The van der Waals surface area contributed by atoms with E-state index in [0.29, 0.717) is 12.6 Å². The molecule has 0 saturated carbocycles. The second kappa shape index (κ2) is 6.20. The van der Waals surface area contributed by atoms with Crippen LogP contribution in [0.15, 0.2) is 24.4 Å². The lowest BCUT2D eigenvalue weighted by Gasteiger charge is -2.00. The molecule has 17 heavy (non-hydrogen) atoms. The van der Waals surface area contributed by atoms with Crippen molar-refractivity contribution in [2.45, 2.75) is 25.7 Å². The Hall–Kier alpha value is -1.62. The van der Waals surface area contributed by atoms with Crippen molar-refractivity contribution < 1.29 is 5.11 Å². The van der Waals surface area contributed by atoms with Gasteiger partial charge in [0, 0.05) is 19.3 Å². The van der Waals surface area contributed by atoms with E-state index in [2.05, 4.69) is 15.4 Å². The van der Waals surface area contributed by atoms with E-state index >= 15 is 0 Å². The Labute approximate surface area is 100 Å². The molecule has 0 unspecified atom stereocenters. The molecule has 0 spiro atoms. The first-order chi connectivity index (χ1) is 8.40. The van der Waals surface area contributed by atoms with Gasteiger partial charge < -0.3 is 10.4 Å². The van der Waals surface area contributed by atoms with Crippen molar-refractivity contribution in [3.05, 3.63) is 24.4 Å². The van der Waals surface area contributed by atoms with Crippen LogP contribution in [0.5, 0.6) is 0 Å². The van der Waals surface area contributed by atoms with E-state index < -0.39 is 0 Å². The van der Waals surface area contributed by atoms with Gasteiger partial charge >= 0.3 is 0 Å². The lowest BCUT2D eigenvalue weighted by atomic mass is 10.2. The number of fused-ring (bicyclic) bond motifs is 1. The van der Waals surface area contributed by atoms with Crippen LogP contribution >= 0.6 is 0 Å². The molecule has 0 bridgehead atoms. The van der Waals surface area contributed by atoms with Gasteiger partial charge in [-0.25, -0.2) is 4.52 Å².